The summed E-state index contributed by atoms with van der Waals surface area (Å²) in [7, 11) is 0. The first-order valence-corrected chi connectivity index (χ1v) is 8.68. The molecule has 0 saturated carbocycles. The summed E-state index contributed by atoms with van der Waals surface area (Å²) in [6.45, 7) is 1.22. The highest BCUT2D eigenvalue weighted by molar-refractivity contribution is 6.31. The number of carbonyl (C=O) groups is 1. The van der Waals surface area contributed by atoms with Crippen molar-refractivity contribution in [2.24, 2.45) is 5.92 Å². The minimum absolute atomic E-state index is 0.117. The number of fused-ring (bicyclic) bond motifs is 2. The molecule has 4 nitrogen and oxygen atoms in total. The van der Waals surface area contributed by atoms with Crippen molar-refractivity contribution in [3.8, 4) is 0 Å². The zero-order valence-corrected chi connectivity index (χ0v) is 14.0. The van der Waals surface area contributed by atoms with Gasteiger partial charge in [-0.3, -0.25) is 14.7 Å². The minimum atomic E-state index is -0.170. The van der Waals surface area contributed by atoms with Gasteiger partial charge in [-0.25, -0.2) is 0 Å². The smallest absolute Gasteiger partial charge is 0.324 e. The van der Waals surface area contributed by atoms with Gasteiger partial charge in [-0.05, 0) is 36.5 Å². The molecular formula is C19H19ClN2O2. The lowest BCUT2D eigenvalue weighted by Crippen LogP contribution is -2.36. The standard InChI is InChI=1S/C19H19ClN2O2/c20-15-7-4-9-21-17(15)16-11-14-8-10-22(16)18(14)19(23)24-12-13-5-2-1-3-6-13/h1-7,9,14,16,18H,8,10-12H2. The van der Waals surface area contributed by atoms with Crippen LogP contribution in [0.1, 0.15) is 30.1 Å². The lowest BCUT2D eigenvalue weighted by molar-refractivity contribution is -0.150. The van der Waals surface area contributed by atoms with E-state index in [2.05, 4.69) is 9.88 Å². The van der Waals surface area contributed by atoms with E-state index in [1.54, 1.807) is 6.20 Å². The summed E-state index contributed by atoms with van der Waals surface area (Å²) < 4.78 is 5.57. The predicted molar refractivity (Wildman–Crippen MR) is 91.4 cm³/mol. The molecule has 24 heavy (non-hydrogen) atoms. The van der Waals surface area contributed by atoms with Crippen molar-refractivity contribution in [3.05, 3.63) is 64.9 Å². The van der Waals surface area contributed by atoms with E-state index in [0.717, 1.165) is 30.6 Å². The molecule has 1 aromatic heterocycles. The molecule has 0 radical (unpaired) electrons. The molecule has 1 aromatic carbocycles. The fraction of sp³-hybridized carbons (Fsp3) is 0.368. The molecule has 3 heterocycles. The maximum absolute atomic E-state index is 12.6. The fourth-order valence-corrected chi connectivity index (χ4v) is 4.20. The number of pyridine rings is 1. The predicted octanol–water partition coefficient (Wildman–Crippen LogP) is 3.61. The van der Waals surface area contributed by atoms with Gasteiger partial charge in [-0.15, -0.1) is 0 Å². The lowest BCUT2D eigenvalue weighted by atomic mass is 9.95. The van der Waals surface area contributed by atoms with Gasteiger partial charge >= 0.3 is 5.97 Å². The van der Waals surface area contributed by atoms with E-state index >= 15 is 0 Å². The van der Waals surface area contributed by atoms with E-state index in [4.69, 9.17) is 16.3 Å². The highest BCUT2D eigenvalue weighted by atomic mass is 35.5. The van der Waals surface area contributed by atoms with E-state index in [1.165, 1.54) is 0 Å². The molecule has 4 unspecified atom stereocenters. The van der Waals surface area contributed by atoms with E-state index < -0.39 is 0 Å². The Balaban J connectivity index is 1.47. The molecule has 124 valence electrons. The van der Waals surface area contributed by atoms with Gasteiger partial charge in [0.25, 0.3) is 0 Å². The van der Waals surface area contributed by atoms with Gasteiger partial charge in [-0.1, -0.05) is 41.9 Å². The van der Waals surface area contributed by atoms with Crippen molar-refractivity contribution in [2.45, 2.75) is 31.5 Å². The van der Waals surface area contributed by atoms with E-state index in [-0.39, 0.29) is 18.1 Å². The number of ether oxygens (including phenoxy) is 1. The lowest BCUT2D eigenvalue weighted by Gasteiger charge is -2.26. The number of aromatic nitrogens is 1. The number of carbonyl (C=O) groups excluding carboxylic acids is 1. The van der Waals surface area contributed by atoms with Crippen LogP contribution >= 0.6 is 11.6 Å². The Hall–Kier alpha value is -1.91. The third kappa shape index (κ3) is 2.80. The van der Waals surface area contributed by atoms with Crippen LogP contribution in [0.15, 0.2) is 48.7 Å². The highest BCUT2D eigenvalue weighted by Crippen LogP contribution is 2.47. The van der Waals surface area contributed by atoms with Crippen molar-refractivity contribution in [1.29, 1.82) is 0 Å². The molecule has 0 amide bonds. The second-order valence-electron chi connectivity index (χ2n) is 6.45. The Morgan fingerprint density at radius 2 is 2.08 bits per heavy atom. The van der Waals surface area contributed by atoms with Crippen molar-refractivity contribution < 1.29 is 9.53 Å². The Bertz CT molecular complexity index is 737. The fourth-order valence-electron chi connectivity index (χ4n) is 3.95. The molecule has 0 spiro atoms. The van der Waals surface area contributed by atoms with Gasteiger partial charge in [0.2, 0.25) is 0 Å². The average Bonchev–Trinajstić information content (AvgIpc) is 3.19. The monoisotopic (exact) mass is 342 g/mol. The van der Waals surface area contributed by atoms with E-state index in [0.29, 0.717) is 17.5 Å². The van der Waals surface area contributed by atoms with E-state index in [9.17, 15) is 4.79 Å². The Morgan fingerprint density at radius 3 is 2.88 bits per heavy atom. The number of hydrogen-bond donors (Lipinski definition) is 0. The maximum Gasteiger partial charge on any atom is 0.324 e. The second-order valence-corrected chi connectivity index (χ2v) is 6.85. The van der Waals surface area contributed by atoms with Gasteiger partial charge in [0.1, 0.15) is 12.6 Å². The molecule has 4 rings (SSSR count). The number of rotatable bonds is 4. The Kier molecular flexibility index (Phi) is 4.25. The summed E-state index contributed by atoms with van der Waals surface area (Å²) in [6, 6.07) is 13.4. The number of nitrogens with zero attached hydrogens (tertiary/aromatic N) is 2. The summed E-state index contributed by atoms with van der Waals surface area (Å²) in [4.78, 5) is 19.3. The molecule has 2 aromatic rings. The molecule has 2 bridgehead atoms. The number of esters is 1. The summed E-state index contributed by atoms with van der Waals surface area (Å²) in [5.74, 6) is 0.201. The molecule has 5 heteroatoms. The molecule has 2 fully saturated rings. The van der Waals surface area contributed by atoms with Crippen LogP contribution < -0.4 is 0 Å². The van der Waals surface area contributed by atoms with Crippen LogP contribution in [0, 0.1) is 5.92 Å². The van der Waals surface area contributed by atoms with Crippen LogP contribution in [0.25, 0.3) is 0 Å². The molecule has 2 saturated heterocycles. The summed E-state index contributed by atoms with van der Waals surface area (Å²) in [5, 5.41) is 0.673. The first-order valence-electron chi connectivity index (χ1n) is 8.31. The molecular weight excluding hydrogens is 324 g/mol. The van der Waals surface area contributed by atoms with Crippen molar-refractivity contribution in [2.75, 3.05) is 6.54 Å². The average molecular weight is 343 g/mol. The third-order valence-corrected chi connectivity index (χ3v) is 5.38. The van der Waals surface area contributed by atoms with Crippen LogP contribution in [0.2, 0.25) is 5.02 Å². The second kappa shape index (κ2) is 6.54. The Labute approximate surface area is 146 Å². The minimum Gasteiger partial charge on any atom is -0.460 e. The van der Waals surface area contributed by atoms with Crippen LogP contribution in [0.4, 0.5) is 0 Å². The zero-order valence-electron chi connectivity index (χ0n) is 13.3. The number of halogens is 1. The first kappa shape index (κ1) is 15.6. The van der Waals surface area contributed by atoms with Crippen molar-refractivity contribution >= 4 is 17.6 Å². The quantitative estimate of drug-likeness (QED) is 0.796. The molecule has 2 aliphatic heterocycles. The SMILES string of the molecule is O=C(OCc1ccccc1)C1C2CCN1C(c1ncccc1Cl)C2. The van der Waals surface area contributed by atoms with Gasteiger partial charge in [0.15, 0.2) is 0 Å². The topological polar surface area (TPSA) is 42.4 Å². The first-order chi connectivity index (χ1) is 11.7. The van der Waals surface area contributed by atoms with Crippen molar-refractivity contribution in [3.63, 3.8) is 0 Å². The molecule has 0 aliphatic carbocycles. The zero-order chi connectivity index (χ0) is 16.5. The largest absolute Gasteiger partial charge is 0.460 e. The summed E-state index contributed by atoms with van der Waals surface area (Å²) >= 11 is 6.30. The van der Waals surface area contributed by atoms with Crippen LogP contribution in [0.3, 0.4) is 0 Å². The summed E-state index contributed by atoms with van der Waals surface area (Å²) in [5.41, 5.74) is 1.89. The molecule has 2 aliphatic rings. The highest BCUT2D eigenvalue weighted by Gasteiger charge is 2.51. The van der Waals surface area contributed by atoms with Gasteiger partial charge < -0.3 is 4.74 Å². The maximum atomic E-state index is 12.6. The number of hydrogen-bond acceptors (Lipinski definition) is 4. The van der Waals surface area contributed by atoms with Gasteiger partial charge in [0, 0.05) is 12.7 Å². The number of piperidine rings is 1. The van der Waals surface area contributed by atoms with Crippen LogP contribution in [-0.2, 0) is 16.1 Å². The van der Waals surface area contributed by atoms with Gasteiger partial charge in [0.05, 0.1) is 16.8 Å². The normalized spacial score (nSPS) is 28.0. The molecule has 0 N–H and O–H groups in total. The van der Waals surface area contributed by atoms with Crippen LogP contribution in [-0.4, -0.2) is 28.4 Å². The Morgan fingerprint density at radius 1 is 1.25 bits per heavy atom. The third-order valence-electron chi connectivity index (χ3n) is 5.06. The van der Waals surface area contributed by atoms with Gasteiger partial charge in [-0.2, -0.15) is 0 Å². The molecule has 4 atom stereocenters. The van der Waals surface area contributed by atoms with E-state index in [1.807, 2.05) is 42.5 Å². The van der Waals surface area contributed by atoms with Crippen LogP contribution in [0.5, 0.6) is 0 Å². The summed E-state index contributed by atoms with van der Waals surface area (Å²) in [6.07, 6.45) is 3.71. The van der Waals surface area contributed by atoms with Crippen molar-refractivity contribution in [1.82, 2.24) is 9.88 Å². The number of benzene rings is 1.